The number of benzene rings is 2. The van der Waals surface area contributed by atoms with Crippen LogP contribution in [0, 0.1) is 27.7 Å². The first-order valence-corrected chi connectivity index (χ1v) is 12.8. The Labute approximate surface area is 171 Å². The second-order valence-electron chi connectivity index (χ2n) is 7.27. The molecule has 0 spiro atoms. The number of thioether (sulfide) groups is 1. The Morgan fingerprint density at radius 3 is 2.19 bits per heavy atom. The molecule has 0 radical (unpaired) electrons. The van der Waals surface area contributed by atoms with Crippen molar-refractivity contribution >= 4 is 26.7 Å². The molecule has 0 nitrogen and oxygen atoms in total. The van der Waals surface area contributed by atoms with Gasteiger partial charge in [0.25, 0.3) is 0 Å². The number of aryl methyl sites for hydroxylation is 2. The summed E-state index contributed by atoms with van der Waals surface area (Å²) in [5.41, 5.74) is 7.14. The van der Waals surface area contributed by atoms with Crippen molar-refractivity contribution in [2.45, 2.75) is 68.9 Å². The van der Waals surface area contributed by atoms with Crippen molar-refractivity contribution in [3.63, 3.8) is 0 Å². The summed E-state index contributed by atoms with van der Waals surface area (Å²) < 4.78 is 0.357. The average molecular weight is 432 g/mol. The zero-order valence-corrected chi connectivity index (χ0v) is 19.6. The summed E-state index contributed by atoms with van der Waals surface area (Å²) in [6.45, 7) is 11.3. The van der Waals surface area contributed by atoms with Gasteiger partial charge in [-0.3, -0.25) is 0 Å². The van der Waals surface area contributed by atoms with Gasteiger partial charge >= 0.3 is 171 Å². The Kier molecular flexibility index (Phi) is 8.07. The Morgan fingerprint density at radius 2 is 1.62 bits per heavy atom. The van der Waals surface area contributed by atoms with Gasteiger partial charge in [-0.05, 0) is 0 Å². The standard InChI is InChI=1S/C24H32SSe/c1-18-17-19(2)21(4)23(20(18)3)25-16-12-8-11-15-24(5,26-6)22-13-9-7-10-14-22/h7,9-10,12-14,16-17H,8,11,15H2,1-6H3/b16-12+/t24-/m0/s1. The van der Waals surface area contributed by atoms with Gasteiger partial charge in [0.15, 0.2) is 0 Å². The number of unbranched alkanes of at least 4 members (excludes halogenated alkanes) is 1. The van der Waals surface area contributed by atoms with E-state index >= 15 is 0 Å². The van der Waals surface area contributed by atoms with Crippen LogP contribution < -0.4 is 0 Å². The van der Waals surface area contributed by atoms with Crippen molar-refractivity contribution in [1.29, 1.82) is 0 Å². The fourth-order valence-electron chi connectivity index (χ4n) is 3.25. The molecule has 0 aromatic heterocycles. The third-order valence-electron chi connectivity index (χ3n) is 5.44. The molecule has 26 heavy (non-hydrogen) atoms. The van der Waals surface area contributed by atoms with Crippen LogP contribution >= 0.6 is 11.8 Å². The summed E-state index contributed by atoms with van der Waals surface area (Å²) in [7, 11) is 0. The molecule has 0 fully saturated rings. The molecule has 2 rings (SSSR count). The summed E-state index contributed by atoms with van der Waals surface area (Å²) in [4.78, 5) is 1.43. The van der Waals surface area contributed by atoms with Gasteiger partial charge < -0.3 is 0 Å². The van der Waals surface area contributed by atoms with Crippen LogP contribution in [0.4, 0.5) is 0 Å². The number of hydrogen-bond acceptors (Lipinski definition) is 1. The summed E-state index contributed by atoms with van der Waals surface area (Å²) in [6.07, 6.45) is 6.04. The van der Waals surface area contributed by atoms with Crippen LogP contribution in [-0.4, -0.2) is 15.0 Å². The van der Waals surface area contributed by atoms with Crippen molar-refractivity contribution < 1.29 is 0 Å². The minimum atomic E-state index is 0.357. The van der Waals surface area contributed by atoms with E-state index in [1.165, 1.54) is 45.6 Å². The number of rotatable bonds is 8. The quantitative estimate of drug-likeness (QED) is 0.239. The summed E-state index contributed by atoms with van der Waals surface area (Å²) in [6, 6.07) is 13.3. The molecule has 0 amide bonds. The van der Waals surface area contributed by atoms with Crippen molar-refractivity contribution in [1.82, 2.24) is 0 Å². The Hall–Kier alpha value is -0.951. The molecule has 0 bridgehead atoms. The van der Waals surface area contributed by atoms with Gasteiger partial charge in [-0.2, -0.15) is 0 Å². The number of hydrogen-bond donors (Lipinski definition) is 0. The molecule has 1 atom stereocenters. The van der Waals surface area contributed by atoms with Gasteiger partial charge in [0.1, 0.15) is 0 Å². The monoisotopic (exact) mass is 432 g/mol. The molecule has 0 unspecified atom stereocenters. The Balaban J connectivity index is 1.91. The van der Waals surface area contributed by atoms with Crippen LogP contribution in [0.2, 0.25) is 5.82 Å². The fourth-order valence-corrected chi connectivity index (χ4v) is 5.81. The van der Waals surface area contributed by atoms with E-state index < -0.39 is 0 Å². The first kappa shape index (κ1) is 21.4. The summed E-state index contributed by atoms with van der Waals surface area (Å²) >= 11 is 2.50. The molecule has 2 aromatic carbocycles. The molecule has 0 saturated carbocycles. The first-order valence-electron chi connectivity index (χ1n) is 9.39. The zero-order valence-electron chi connectivity index (χ0n) is 17.1. The van der Waals surface area contributed by atoms with Crippen LogP contribution in [0.1, 0.15) is 54.0 Å². The third-order valence-corrected chi connectivity index (χ3v) is 9.43. The first-order chi connectivity index (χ1) is 12.4. The topological polar surface area (TPSA) is 0 Å². The third kappa shape index (κ3) is 5.28. The molecule has 0 heterocycles. The van der Waals surface area contributed by atoms with E-state index in [1.54, 1.807) is 0 Å². The van der Waals surface area contributed by atoms with E-state index in [-0.39, 0.29) is 0 Å². The normalized spacial score (nSPS) is 13.9. The van der Waals surface area contributed by atoms with E-state index in [0.29, 0.717) is 19.3 Å². The van der Waals surface area contributed by atoms with E-state index in [9.17, 15) is 0 Å². The predicted octanol–water partition coefficient (Wildman–Crippen LogP) is 7.36. The van der Waals surface area contributed by atoms with Gasteiger partial charge in [-0.1, -0.05) is 0 Å². The molecule has 0 saturated heterocycles. The van der Waals surface area contributed by atoms with Crippen molar-refractivity contribution in [3.05, 3.63) is 75.7 Å². The van der Waals surface area contributed by atoms with Gasteiger partial charge in [-0.25, -0.2) is 0 Å². The van der Waals surface area contributed by atoms with E-state index in [0.717, 1.165) is 6.42 Å². The second kappa shape index (κ2) is 9.83. The van der Waals surface area contributed by atoms with Gasteiger partial charge in [0.05, 0.1) is 0 Å². The van der Waals surface area contributed by atoms with Gasteiger partial charge in [0, 0.05) is 0 Å². The van der Waals surface area contributed by atoms with Gasteiger partial charge in [0.2, 0.25) is 0 Å². The SMILES string of the molecule is C[Se][C@@](C)(CCC/C=C/Sc1c(C)c(C)cc(C)c1C)c1ccccc1. The maximum absolute atomic E-state index is 2.43. The molecule has 2 aromatic rings. The van der Waals surface area contributed by atoms with Crippen LogP contribution in [-0.2, 0) is 4.31 Å². The number of allylic oxidation sites excluding steroid dienone is 1. The zero-order chi connectivity index (χ0) is 19.2. The second-order valence-corrected chi connectivity index (χ2v) is 10.9. The van der Waals surface area contributed by atoms with Gasteiger partial charge in [-0.15, -0.1) is 0 Å². The Morgan fingerprint density at radius 1 is 1.00 bits per heavy atom. The molecule has 0 aliphatic carbocycles. The van der Waals surface area contributed by atoms with Crippen LogP contribution in [0.15, 0.2) is 52.8 Å². The van der Waals surface area contributed by atoms with E-state index in [2.05, 4.69) is 88.3 Å². The average Bonchev–Trinajstić information content (AvgIpc) is 2.65. The summed E-state index contributed by atoms with van der Waals surface area (Å²) in [5, 5.41) is 2.30. The van der Waals surface area contributed by atoms with Crippen LogP contribution in [0.25, 0.3) is 0 Å². The van der Waals surface area contributed by atoms with E-state index in [4.69, 9.17) is 0 Å². The van der Waals surface area contributed by atoms with Crippen LogP contribution in [0.3, 0.4) is 0 Å². The summed E-state index contributed by atoms with van der Waals surface area (Å²) in [5.74, 6) is 2.37. The molecule has 0 N–H and O–H groups in total. The molecule has 0 aliphatic rings. The fraction of sp³-hybridized carbons (Fsp3) is 0.417. The molecule has 2 heteroatoms. The predicted molar refractivity (Wildman–Crippen MR) is 120 cm³/mol. The molecular formula is C24H32SSe. The minimum absolute atomic E-state index is 0.357. The maximum atomic E-state index is 2.43. The Bertz CT molecular complexity index is 722. The van der Waals surface area contributed by atoms with E-state index in [1.807, 2.05) is 11.8 Å². The molecule has 0 aliphatic heterocycles. The molecular weight excluding hydrogens is 399 g/mol. The van der Waals surface area contributed by atoms with Crippen LogP contribution in [0.5, 0.6) is 0 Å². The van der Waals surface area contributed by atoms with Crippen molar-refractivity contribution in [2.24, 2.45) is 0 Å². The van der Waals surface area contributed by atoms with Crippen molar-refractivity contribution in [2.75, 3.05) is 0 Å². The van der Waals surface area contributed by atoms with Crippen molar-refractivity contribution in [3.8, 4) is 0 Å². The molecule has 140 valence electrons.